The van der Waals surface area contributed by atoms with Crippen LogP contribution in [0.2, 0.25) is 0 Å². The van der Waals surface area contributed by atoms with Crippen LogP contribution in [0.5, 0.6) is 0 Å². The highest BCUT2D eigenvalue weighted by atomic mass is 17.3. The lowest BCUT2D eigenvalue weighted by molar-refractivity contribution is -0.577. The minimum Gasteiger partial charge on any atom is -0.481 e. The third kappa shape index (κ3) is 6.15. The Bertz CT molecular complexity index is 1330. The van der Waals surface area contributed by atoms with Crippen LogP contribution < -0.4 is 0 Å². The molecule has 10 aliphatic rings. The highest BCUT2D eigenvalue weighted by Crippen LogP contribution is 2.62. The second-order valence-corrected chi connectivity index (χ2v) is 17.2. The van der Waals surface area contributed by atoms with Crippen molar-refractivity contribution in [3.05, 3.63) is 0 Å². The van der Waals surface area contributed by atoms with E-state index in [-0.39, 0.29) is 67.3 Å². The molecule has 16 atom stereocenters. The number of carbonyl (C=O) groups excluding carboxylic acids is 1. The van der Waals surface area contributed by atoms with Crippen LogP contribution in [0.1, 0.15) is 106 Å². The monoisotopic (exact) mass is 737 g/mol. The van der Waals surface area contributed by atoms with E-state index in [0.29, 0.717) is 24.7 Å². The molecule has 10 fully saturated rings. The lowest BCUT2D eigenvalue weighted by Gasteiger charge is -2.60. The van der Waals surface area contributed by atoms with Crippen LogP contribution in [0, 0.1) is 47.3 Å². The van der Waals surface area contributed by atoms with Crippen molar-refractivity contribution in [3.8, 4) is 0 Å². The van der Waals surface area contributed by atoms with Crippen molar-refractivity contribution in [3.63, 3.8) is 0 Å². The number of hydrogen-bond donors (Lipinski definition) is 1. The van der Waals surface area contributed by atoms with Gasteiger partial charge in [0.25, 0.3) is 0 Å². The van der Waals surface area contributed by atoms with Crippen molar-refractivity contribution in [1.82, 2.24) is 0 Å². The van der Waals surface area contributed by atoms with Crippen LogP contribution in [0.3, 0.4) is 0 Å². The van der Waals surface area contributed by atoms with Gasteiger partial charge in [-0.05, 0) is 76.0 Å². The van der Waals surface area contributed by atoms with Gasteiger partial charge in [-0.3, -0.25) is 4.79 Å². The fraction of sp³-hybridized carbons (Fsp3) is 0.919. The molecule has 4 bridgehead atoms. The van der Waals surface area contributed by atoms with Gasteiger partial charge in [0, 0.05) is 36.5 Å². The zero-order valence-electron chi connectivity index (χ0n) is 31.1. The standard InChI is InChI=1S/C37H55NO14/c1-19-7-9-26-21(3)30(44-32-36(26)24(19)13-15-34(5,46-32)49-51-36)42-17-23(38-48-29(41)12-11-28(39)40)18-43-31-22(4)27-10-8-20(2)25-14-16-35(6)47-33(45-31)37(25,27)52-50-35/h19-22,24-27,30-33H,7-18H2,1-6H3,(H,39,40)/b38-23-/t19-,20-,21-,22-,24+,25+,26+,27+,30+,31+,32?,33-,34-,35-,36-,37-/m1/s1. The molecule has 1 N–H and O–H groups in total. The maximum absolute atomic E-state index is 12.4. The number of aliphatic carboxylic acids is 1. The third-order valence-corrected chi connectivity index (χ3v) is 13.8. The second kappa shape index (κ2) is 13.7. The SMILES string of the molecule is C[C@H]1[C@@H](OC/C(CO[C@H]2O[C@@H]3O[C@@]4(C)CC[C@H]5[C@H](C)CC[C@@H]([C@H]2C)[C@@]35OO4)=N/OC(=O)CCC(=O)O)OC2O[C@@]3(C)CC[C@H]4[C@H](C)CC[C@@H]1[C@@]24OO3. The van der Waals surface area contributed by atoms with Crippen LogP contribution in [0.4, 0.5) is 0 Å². The molecule has 0 amide bonds. The van der Waals surface area contributed by atoms with Crippen LogP contribution in [-0.2, 0) is 62.4 Å². The number of hydrogen-bond acceptors (Lipinski definition) is 14. The van der Waals surface area contributed by atoms with Gasteiger partial charge in [-0.1, -0.05) is 32.9 Å². The number of carboxylic acids is 1. The molecule has 0 aromatic carbocycles. The van der Waals surface area contributed by atoms with Crippen molar-refractivity contribution < 1.29 is 67.5 Å². The summed E-state index contributed by atoms with van der Waals surface area (Å²) in [5.41, 5.74) is -1.20. The number of fused-ring (bicyclic) bond motifs is 4. The average Bonchev–Trinajstić information content (AvgIpc) is 3.48. The first kappa shape index (κ1) is 37.1. The van der Waals surface area contributed by atoms with Gasteiger partial charge >= 0.3 is 11.9 Å². The number of carboxylic acid groups (broad SMARTS) is 1. The number of oxime groups is 1. The Labute approximate surface area is 304 Å². The molecule has 2 saturated carbocycles. The normalized spacial score (nSPS) is 50.8. The predicted octanol–water partition coefficient (Wildman–Crippen LogP) is 5.20. The van der Waals surface area contributed by atoms with Crippen LogP contribution in [0.25, 0.3) is 0 Å². The van der Waals surface area contributed by atoms with Gasteiger partial charge in [0.1, 0.15) is 5.71 Å². The van der Waals surface area contributed by atoms with E-state index in [9.17, 15) is 9.59 Å². The predicted molar refractivity (Wildman–Crippen MR) is 176 cm³/mol. The largest absolute Gasteiger partial charge is 0.481 e. The molecule has 8 heterocycles. The molecule has 292 valence electrons. The van der Waals surface area contributed by atoms with Gasteiger partial charge in [-0.2, -0.15) is 0 Å². The van der Waals surface area contributed by atoms with Crippen molar-refractivity contribution in [2.75, 3.05) is 13.2 Å². The lowest BCUT2D eigenvalue weighted by atomic mass is 9.58. The molecule has 0 aromatic rings. The summed E-state index contributed by atoms with van der Waals surface area (Å²) < 4.78 is 39.0. The molecular formula is C37H55NO14. The number of ether oxygens (including phenoxy) is 6. The van der Waals surface area contributed by atoms with E-state index in [2.05, 4.69) is 32.9 Å². The molecule has 2 spiro atoms. The fourth-order valence-electron chi connectivity index (χ4n) is 10.9. The first-order valence-corrected chi connectivity index (χ1v) is 19.4. The molecule has 0 aromatic heterocycles. The molecule has 15 nitrogen and oxygen atoms in total. The van der Waals surface area contributed by atoms with E-state index in [4.69, 9.17) is 57.9 Å². The average molecular weight is 738 g/mol. The summed E-state index contributed by atoms with van der Waals surface area (Å²) in [7, 11) is 0. The Morgan fingerprint density at radius 2 is 1.15 bits per heavy atom. The molecule has 1 unspecified atom stereocenters. The summed E-state index contributed by atoms with van der Waals surface area (Å²) in [6, 6.07) is 0. The first-order chi connectivity index (χ1) is 24.8. The van der Waals surface area contributed by atoms with Gasteiger partial charge in [0.05, 0.1) is 26.1 Å². The molecule has 8 aliphatic heterocycles. The zero-order chi connectivity index (χ0) is 36.6. The molecule has 52 heavy (non-hydrogen) atoms. The van der Waals surface area contributed by atoms with Crippen LogP contribution >= 0.6 is 0 Å². The topological polar surface area (TPSA) is 168 Å². The quantitative estimate of drug-likeness (QED) is 0.134. The zero-order valence-corrected chi connectivity index (χ0v) is 31.1. The van der Waals surface area contributed by atoms with Gasteiger partial charge in [0.2, 0.25) is 11.6 Å². The second-order valence-electron chi connectivity index (χ2n) is 17.2. The summed E-state index contributed by atoms with van der Waals surface area (Å²) in [5, 5.41) is 13.2. The van der Waals surface area contributed by atoms with Gasteiger partial charge in [0.15, 0.2) is 36.4 Å². The Balaban J connectivity index is 0.987. The van der Waals surface area contributed by atoms with E-state index in [1.807, 2.05) is 13.8 Å². The third-order valence-electron chi connectivity index (χ3n) is 13.8. The van der Waals surface area contributed by atoms with Crippen molar-refractivity contribution >= 4 is 17.7 Å². The van der Waals surface area contributed by atoms with Crippen molar-refractivity contribution in [2.45, 2.75) is 154 Å². The summed E-state index contributed by atoms with van der Waals surface area (Å²) in [5.74, 6) is -2.52. The van der Waals surface area contributed by atoms with E-state index < -0.39 is 59.9 Å². The Kier molecular flexibility index (Phi) is 9.82. The minimum absolute atomic E-state index is 0.0550. The highest BCUT2D eigenvalue weighted by molar-refractivity contribution is 5.87. The Morgan fingerprint density at radius 3 is 1.62 bits per heavy atom. The maximum Gasteiger partial charge on any atom is 0.335 e. The number of carbonyl (C=O) groups is 2. The molecule has 10 rings (SSSR count). The van der Waals surface area contributed by atoms with E-state index in [0.717, 1.165) is 38.5 Å². The Morgan fingerprint density at radius 1 is 0.673 bits per heavy atom. The summed E-state index contributed by atoms with van der Waals surface area (Å²) >= 11 is 0. The van der Waals surface area contributed by atoms with Crippen LogP contribution in [-0.4, -0.2) is 83.9 Å². The van der Waals surface area contributed by atoms with E-state index in [1.165, 1.54) is 0 Å². The van der Waals surface area contributed by atoms with Gasteiger partial charge in [-0.15, -0.1) is 0 Å². The van der Waals surface area contributed by atoms with Crippen molar-refractivity contribution in [1.29, 1.82) is 0 Å². The molecule has 0 radical (unpaired) electrons. The summed E-state index contributed by atoms with van der Waals surface area (Å²) in [4.78, 5) is 53.1. The van der Waals surface area contributed by atoms with Crippen LogP contribution in [0.15, 0.2) is 5.16 Å². The molecule has 2 aliphatic carbocycles. The smallest absolute Gasteiger partial charge is 0.335 e. The first-order valence-electron chi connectivity index (χ1n) is 19.4. The number of rotatable bonds is 10. The van der Waals surface area contributed by atoms with Crippen molar-refractivity contribution in [2.24, 2.45) is 52.5 Å². The van der Waals surface area contributed by atoms with Gasteiger partial charge in [-0.25, -0.2) is 24.3 Å². The van der Waals surface area contributed by atoms with Gasteiger partial charge < -0.3 is 38.4 Å². The van der Waals surface area contributed by atoms with E-state index in [1.54, 1.807) is 0 Å². The Hall–Kier alpha value is -1.79. The lowest BCUT2D eigenvalue weighted by Crippen LogP contribution is -2.70. The maximum atomic E-state index is 12.4. The summed E-state index contributed by atoms with van der Waals surface area (Å²) in [6.45, 7) is 12.3. The summed E-state index contributed by atoms with van der Waals surface area (Å²) in [6.07, 6.45) is 3.70. The molecule has 8 saturated heterocycles. The number of nitrogens with zero attached hydrogens (tertiary/aromatic N) is 1. The fourth-order valence-corrected chi connectivity index (χ4v) is 10.9. The minimum atomic E-state index is -1.11. The molecule has 15 heteroatoms. The van der Waals surface area contributed by atoms with E-state index >= 15 is 0 Å². The highest BCUT2D eigenvalue weighted by Gasteiger charge is 2.71. The molecular weight excluding hydrogens is 682 g/mol.